The summed E-state index contributed by atoms with van der Waals surface area (Å²) in [5.74, 6) is 1.19. The van der Waals surface area contributed by atoms with Crippen molar-refractivity contribution < 1.29 is 9.13 Å². The Kier molecular flexibility index (Phi) is 9.85. The van der Waals surface area contributed by atoms with Crippen molar-refractivity contribution in [2.24, 2.45) is 5.92 Å². The van der Waals surface area contributed by atoms with E-state index in [2.05, 4.69) is 62.5 Å². The van der Waals surface area contributed by atoms with Crippen LogP contribution in [-0.4, -0.2) is 94.6 Å². The molecule has 4 N–H and O–H groups in total. The predicted octanol–water partition coefficient (Wildman–Crippen LogP) is 5.36. The van der Waals surface area contributed by atoms with Crippen LogP contribution >= 0.6 is 8.73 Å². The maximum Gasteiger partial charge on any atom is 0.131 e. The summed E-state index contributed by atoms with van der Waals surface area (Å²) >= 11 is 0. The molecule has 11 heteroatoms. The standard InChI is InChI=1S/C18H26N7OP.C9H16FN.C2H4/c1-11-8-25(9-11)18(19)13-6-21-15(17-16(20-2)7-22-23-17)5-14(13)24-27-12-3-4-26-10-12;1-8(10)3-4-9(5-6-9)11(2)7-8;1-2/h5-7,11-12,19-20,27H,3-4,8-10H2,1-2H3,(H,21,24)(H,22,23);3-7H2,1-2H3;1-2H2. The number of pyridine rings is 1. The molecule has 0 aromatic carbocycles. The largest absolute Gasteiger partial charge is 0.385 e. The van der Waals surface area contributed by atoms with Crippen molar-refractivity contribution in [1.82, 2.24) is 25.0 Å². The van der Waals surface area contributed by atoms with Crippen molar-refractivity contribution in [3.8, 4) is 11.4 Å². The van der Waals surface area contributed by atoms with Crippen molar-refractivity contribution in [2.75, 3.05) is 57.3 Å². The van der Waals surface area contributed by atoms with Gasteiger partial charge in [-0.1, -0.05) is 6.92 Å². The van der Waals surface area contributed by atoms with Crippen molar-refractivity contribution in [2.45, 2.75) is 62.8 Å². The van der Waals surface area contributed by atoms with E-state index >= 15 is 0 Å². The second kappa shape index (κ2) is 13.0. The second-order valence-corrected chi connectivity index (χ2v) is 13.1. The number of hydrogen-bond donors (Lipinski definition) is 4. The summed E-state index contributed by atoms with van der Waals surface area (Å²) in [6.45, 7) is 14.1. The lowest BCUT2D eigenvalue weighted by molar-refractivity contribution is 0.0288. The number of H-pyrrole nitrogens is 1. The normalized spacial score (nSPS) is 25.5. The second-order valence-electron chi connectivity index (χ2n) is 11.7. The highest BCUT2D eigenvalue weighted by Gasteiger charge is 2.51. The first-order valence-electron chi connectivity index (χ1n) is 14.2. The van der Waals surface area contributed by atoms with Crippen LogP contribution in [0.4, 0.5) is 15.8 Å². The summed E-state index contributed by atoms with van der Waals surface area (Å²) in [5.41, 5.74) is 4.40. The summed E-state index contributed by atoms with van der Waals surface area (Å²) < 4.78 is 18.9. The molecule has 6 rings (SSSR count). The topological polar surface area (TPSA) is 105 Å². The fourth-order valence-electron chi connectivity index (χ4n) is 5.64. The van der Waals surface area contributed by atoms with E-state index in [4.69, 9.17) is 10.1 Å². The van der Waals surface area contributed by atoms with Gasteiger partial charge in [-0.25, -0.2) is 4.39 Å². The number of nitrogens with zero attached hydrogens (tertiary/aromatic N) is 4. The van der Waals surface area contributed by atoms with Crippen LogP contribution < -0.4 is 10.4 Å². The number of aromatic nitrogens is 3. The quantitative estimate of drug-likeness (QED) is 0.160. The first kappa shape index (κ1) is 30.4. The van der Waals surface area contributed by atoms with E-state index in [-0.39, 0.29) is 0 Å². The zero-order chi connectivity index (χ0) is 28.9. The van der Waals surface area contributed by atoms with Gasteiger partial charge in [0, 0.05) is 50.7 Å². The smallest absolute Gasteiger partial charge is 0.131 e. The molecule has 3 unspecified atom stereocenters. The van der Waals surface area contributed by atoms with Gasteiger partial charge in [-0.05, 0) is 66.8 Å². The molecule has 2 aromatic rings. The Labute approximate surface area is 240 Å². The van der Waals surface area contributed by atoms with Crippen LogP contribution in [0, 0.1) is 11.3 Å². The van der Waals surface area contributed by atoms with Crippen molar-refractivity contribution >= 4 is 25.9 Å². The highest BCUT2D eigenvalue weighted by Crippen LogP contribution is 2.49. The molecule has 0 bridgehead atoms. The number of piperidine rings is 1. The van der Waals surface area contributed by atoms with Gasteiger partial charge in [0.25, 0.3) is 0 Å². The lowest BCUT2D eigenvalue weighted by atomic mass is 9.90. The fraction of sp³-hybridized carbons (Fsp3) is 0.621. The van der Waals surface area contributed by atoms with Crippen LogP contribution in [0.3, 0.4) is 0 Å². The minimum absolute atomic E-state index is 0.436. The van der Waals surface area contributed by atoms with Gasteiger partial charge in [-0.2, -0.15) is 5.10 Å². The van der Waals surface area contributed by atoms with Crippen LogP contribution in [0.1, 0.15) is 51.5 Å². The first-order chi connectivity index (χ1) is 19.2. The maximum atomic E-state index is 13.5. The molecule has 0 amide bonds. The molecule has 40 heavy (non-hydrogen) atoms. The number of anilines is 2. The highest BCUT2D eigenvalue weighted by molar-refractivity contribution is 7.40. The van der Waals surface area contributed by atoms with Crippen LogP contribution in [0.25, 0.3) is 11.4 Å². The Morgan fingerprint density at radius 1 is 1.23 bits per heavy atom. The van der Waals surface area contributed by atoms with E-state index in [0.29, 0.717) is 38.2 Å². The van der Waals surface area contributed by atoms with Gasteiger partial charge >= 0.3 is 0 Å². The summed E-state index contributed by atoms with van der Waals surface area (Å²) in [4.78, 5) is 8.93. The number of hydrogen-bond acceptors (Lipinski definition) is 7. The van der Waals surface area contributed by atoms with Crippen LogP contribution in [-0.2, 0) is 4.74 Å². The Balaban J connectivity index is 0.000000236. The molecule has 1 aliphatic carbocycles. The first-order valence-corrected chi connectivity index (χ1v) is 15.3. The number of likely N-dealkylation sites (tertiary alicyclic amines) is 2. The summed E-state index contributed by atoms with van der Waals surface area (Å²) in [6, 6.07) is 2.02. The highest BCUT2D eigenvalue weighted by atomic mass is 31.1. The summed E-state index contributed by atoms with van der Waals surface area (Å²) in [7, 11) is 4.48. The Morgan fingerprint density at radius 2 is 1.95 bits per heavy atom. The van der Waals surface area contributed by atoms with E-state index in [1.165, 1.54) is 12.8 Å². The number of aromatic amines is 1. The Morgan fingerprint density at radius 3 is 2.55 bits per heavy atom. The van der Waals surface area contributed by atoms with Crippen molar-refractivity contribution in [1.29, 1.82) is 5.41 Å². The van der Waals surface area contributed by atoms with Gasteiger partial charge < -0.3 is 20.0 Å². The van der Waals surface area contributed by atoms with Gasteiger partial charge in [0.05, 0.1) is 35.4 Å². The zero-order valence-corrected chi connectivity index (χ0v) is 25.4. The molecular weight excluding hydrogens is 526 g/mol. The minimum Gasteiger partial charge on any atom is -0.385 e. The Bertz CT molecular complexity index is 1140. The number of halogens is 1. The van der Waals surface area contributed by atoms with Gasteiger partial charge in [0.15, 0.2) is 0 Å². The third kappa shape index (κ3) is 7.01. The van der Waals surface area contributed by atoms with Gasteiger partial charge in [-0.3, -0.25) is 20.4 Å². The number of ether oxygens (including phenoxy) is 1. The summed E-state index contributed by atoms with van der Waals surface area (Å²) in [6.07, 6.45) is 9.05. The molecular formula is C29H46FN8OP. The predicted molar refractivity (Wildman–Crippen MR) is 165 cm³/mol. The van der Waals surface area contributed by atoms with E-state index in [1.807, 2.05) is 13.1 Å². The number of alkyl halides is 1. The maximum absolute atomic E-state index is 13.5. The molecule has 3 saturated heterocycles. The van der Waals surface area contributed by atoms with E-state index < -0.39 is 5.67 Å². The van der Waals surface area contributed by atoms with E-state index in [0.717, 1.165) is 73.9 Å². The molecule has 220 valence electrons. The molecule has 2 aromatic heterocycles. The molecule has 9 nitrogen and oxygen atoms in total. The monoisotopic (exact) mass is 572 g/mol. The number of rotatable bonds is 6. The minimum atomic E-state index is -0.928. The van der Waals surface area contributed by atoms with E-state index in [9.17, 15) is 4.39 Å². The number of amidine groups is 1. The molecule has 1 spiro atoms. The molecule has 1 saturated carbocycles. The van der Waals surface area contributed by atoms with Gasteiger partial charge in [0.2, 0.25) is 0 Å². The van der Waals surface area contributed by atoms with Gasteiger partial charge in [-0.15, -0.1) is 13.2 Å². The number of nitrogens with one attached hydrogen (secondary N) is 4. The molecule has 5 heterocycles. The third-order valence-corrected chi connectivity index (χ3v) is 9.64. The van der Waals surface area contributed by atoms with Crippen molar-refractivity contribution in [3.05, 3.63) is 37.2 Å². The summed E-state index contributed by atoms with van der Waals surface area (Å²) in [5, 5.41) is 22.5. The molecule has 4 aliphatic rings. The average Bonchev–Trinajstić information content (AvgIpc) is 3.29. The van der Waals surface area contributed by atoms with E-state index in [1.54, 1.807) is 19.3 Å². The third-order valence-electron chi connectivity index (χ3n) is 8.36. The van der Waals surface area contributed by atoms with Crippen LogP contribution in [0.2, 0.25) is 0 Å². The molecule has 3 aliphatic heterocycles. The lowest BCUT2D eigenvalue weighted by Crippen LogP contribution is -2.48. The molecule has 3 atom stereocenters. The average molecular weight is 573 g/mol. The molecule has 4 fully saturated rings. The molecule has 0 radical (unpaired) electrons. The van der Waals surface area contributed by atoms with Crippen LogP contribution in [0.5, 0.6) is 0 Å². The lowest BCUT2D eigenvalue weighted by Gasteiger charge is -2.39. The van der Waals surface area contributed by atoms with Gasteiger partial charge in [0.1, 0.15) is 17.2 Å². The van der Waals surface area contributed by atoms with Crippen molar-refractivity contribution in [3.63, 3.8) is 0 Å². The van der Waals surface area contributed by atoms with Crippen LogP contribution in [0.15, 0.2) is 31.6 Å². The fourth-order valence-corrected chi connectivity index (χ4v) is 6.67. The Hall–Kier alpha value is -2.55. The zero-order valence-electron chi connectivity index (χ0n) is 24.4. The SMILES string of the molecule is C=C.CN1CC(C)(F)CCC12CC2.CNc1cn[nH]c1-c1cc(NPC2CCOC2)c(C(=N)N2CC(C)C2)cn1.